The van der Waals surface area contributed by atoms with Gasteiger partial charge >= 0.3 is 0 Å². The van der Waals surface area contributed by atoms with Gasteiger partial charge in [0.2, 0.25) is 0 Å². The molecule has 3 N–H and O–H groups in total. The lowest BCUT2D eigenvalue weighted by atomic mass is 9.98. The molecule has 102 valence electrons. The van der Waals surface area contributed by atoms with Crippen LogP contribution < -0.4 is 5.73 Å². The fourth-order valence-electron chi connectivity index (χ4n) is 2.10. The maximum absolute atomic E-state index is 9.99. The summed E-state index contributed by atoms with van der Waals surface area (Å²) in [6.07, 6.45) is 1.83. The topological polar surface area (TPSA) is 46.2 Å². The molecule has 19 heavy (non-hydrogen) atoms. The number of halogens is 1. The third kappa shape index (κ3) is 3.72. The van der Waals surface area contributed by atoms with Crippen molar-refractivity contribution in [3.05, 3.63) is 53.6 Å². The Morgan fingerprint density at radius 2 is 1.84 bits per heavy atom. The molecule has 0 heterocycles. The van der Waals surface area contributed by atoms with Crippen LogP contribution in [-0.4, -0.2) is 11.7 Å². The van der Waals surface area contributed by atoms with Crippen molar-refractivity contribution in [1.29, 1.82) is 0 Å². The lowest BCUT2D eigenvalue weighted by Crippen LogP contribution is -2.02. The van der Waals surface area contributed by atoms with E-state index in [0.717, 1.165) is 29.5 Å². The molecule has 0 fully saturated rings. The van der Waals surface area contributed by atoms with Crippen molar-refractivity contribution in [3.63, 3.8) is 0 Å². The van der Waals surface area contributed by atoms with Gasteiger partial charge in [-0.3, -0.25) is 0 Å². The molecule has 0 aliphatic carbocycles. The first-order chi connectivity index (χ1) is 8.74. The third-order valence-corrected chi connectivity index (χ3v) is 3.14. The molecule has 0 amide bonds. The number of phenols is 1. The molecule has 0 atom stereocenters. The second-order valence-corrected chi connectivity index (χ2v) is 4.44. The lowest BCUT2D eigenvalue weighted by Gasteiger charge is -2.09. The second-order valence-electron chi connectivity index (χ2n) is 4.44. The summed E-state index contributed by atoms with van der Waals surface area (Å²) in [6.45, 7) is 2.75. The zero-order chi connectivity index (χ0) is 13.0. The highest BCUT2D eigenvalue weighted by molar-refractivity contribution is 5.85. The van der Waals surface area contributed by atoms with Gasteiger partial charge in [-0.1, -0.05) is 37.3 Å². The Morgan fingerprint density at radius 3 is 2.53 bits per heavy atom. The fourth-order valence-corrected chi connectivity index (χ4v) is 2.10. The Labute approximate surface area is 120 Å². The second kappa shape index (κ2) is 7.17. The van der Waals surface area contributed by atoms with Crippen LogP contribution in [0.15, 0.2) is 42.5 Å². The molecule has 2 aromatic carbocycles. The Morgan fingerprint density at radius 1 is 1.05 bits per heavy atom. The normalized spacial score (nSPS) is 10.0. The van der Waals surface area contributed by atoms with Gasteiger partial charge in [0.1, 0.15) is 5.75 Å². The van der Waals surface area contributed by atoms with E-state index in [1.165, 1.54) is 5.56 Å². The van der Waals surface area contributed by atoms with Gasteiger partial charge in [0, 0.05) is 5.56 Å². The molecule has 2 nitrogen and oxygen atoms in total. The van der Waals surface area contributed by atoms with Crippen molar-refractivity contribution < 1.29 is 5.11 Å². The molecule has 0 spiro atoms. The van der Waals surface area contributed by atoms with Crippen LogP contribution in [0.25, 0.3) is 11.1 Å². The molecule has 0 bridgehead atoms. The summed E-state index contributed by atoms with van der Waals surface area (Å²) >= 11 is 0. The van der Waals surface area contributed by atoms with Gasteiger partial charge in [-0.15, -0.1) is 12.4 Å². The highest BCUT2D eigenvalue weighted by atomic mass is 35.5. The first kappa shape index (κ1) is 15.5. The summed E-state index contributed by atoms with van der Waals surface area (Å²) in [5.74, 6) is 0.323. The van der Waals surface area contributed by atoms with Crippen LogP contribution >= 0.6 is 12.4 Å². The van der Waals surface area contributed by atoms with Gasteiger partial charge in [-0.25, -0.2) is 0 Å². The van der Waals surface area contributed by atoms with Crippen LogP contribution in [0.5, 0.6) is 5.75 Å². The average molecular weight is 278 g/mol. The third-order valence-electron chi connectivity index (χ3n) is 3.14. The Kier molecular flexibility index (Phi) is 5.87. The van der Waals surface area contributed by atoms with Crippen molar-refractivity contribution in [3.8, 4) is 16.9 Å². The average Bonchev–Trinajstić information content (AvgIpc) is 2.41. The minimum absolute atomic E-state index is 0. The number of phenolic OH excluding ortho intramolecular Hbond substituents is 1. The predicted molar refractivity (Wildman–Crippen MR) is 82.9 cm³/mol. The summed E-state index contributed by atoms with van der Waals surface area (Å²) in [5, 5.41) is 9.99. The van der Waals surface area contributed by atoms with E-state index in [2.05, 4.69) is 19.1 Å². The summed E-state index contributed by atoms with van der Waals surface area (Å²) < 4.78 is 0. The summed E-state index contributed by atoms with van der Waals surface area (Å²) in [4.78, 5) is 0. The van der Waals surface area contributed by atoms with Gasteiger partial charge in [0.15, 0.2) is 0 Å². The highest BCUT2D eigenvalue weighted by Gasteiger charge is 2.06. The van der Waals surface area contributed by atoms with E-state index in [1.54, 1.807) is 6.07 Å². The van der Waals surface area contributed by atoms with Crippen LogP contribution in [-0.2, 0) is 12.8 Å². The number of aryl methyl sites for hydroxylation is 1. The van der Waals surface area contributed by atoms with Crippen molar-refractivity contribution in [2.45, 2.75) is 19.8 Å². The first-order valence-electron chi connectivity index (χ1n) is 6.36. The Hall–Kier alpha value is -1.51. The van der Waals surface area contributed by atoms with E-state index in [4.69, 9.17) is 5.73 Å². The largest absolute Gasteiger partial charge is 0.507 e. The standard InChI is InChI=1S/C16H19NO.ClH/c1-2-12-4-3-5-14(10-12)15-11-13(8-9-17)6-7-16(15)18;/h3-7,10-11,18H,2,8-9,17H2,1H3;1H. The van der Waals surface area contributed by atoms with Gasteiger partial charge in [0.05, 0.1) is 0 Å². The van der Waals surface area contributed by atoms with Gasteiger partial charge < -0.3 is 10.8 Å². The summed E-state index contributed by atoms with van der Waals surface area (Å²) in [5.41, 5.74) is 9.95. The van der Waals surface area contributed by atoms with Gasteiger partial charge in [0.25, 0.3) is 0 Å². The maximum atomic E-state index is 9.99. The van der Waals surface area contributed by atoms with Crippen molar-refractivity contribution in [1.82, 2.24) is 0 Å². The molecule has 3 heteroatoms. The number of hydrogen-bond donors (Lipinski definition) is 2. The van der Waals surface area contributed by atoms with E-state index in [0.29, 0.717) is 12.3 Å². The molecule has 2 rings (SSSR count). The highest BCUT2D eigenvalue weighted by Crippen LogP contribution is 2.30. The van der Waals surface area contributed by atoms with Crippen LogP contribution in [0.2, 0.25) is 0 Å². The number of benzene rings is 2. The minimum Gasteiger partial charge on any atom is -0.507 e. The fraction of sp³-hybridized carbons (Fsp3) is 0.250. The molecular weight excluding hydrogens is 258 g/mol. The monoisotopic (exact) mass is 277 g/mol. The lowest BCUT2D eigenvalue weighted by molar-refractivity contribution is 0.477. The van der Waals surface area contributed by atoms with E-state index in [-0.39, 0.29) is 12.4 Å². The van der Waals surface area contributed by atoms with E-state index >= 15 is 0 Å². The SMILES string of the molecule is CCc1cccc(-c2cc(CCN)ccc2O)c1.Cl. The van der Waals surface area contributed by atoms with Crippen molar-refractivity contribution in [2.24, 2.45) is 5.73 Å². The van der Waals surface area contributed by atoms with Crippen LogP contribution in [0.1, 0.15) is 18.1 Å². The molecule has 0 aliphatic rings. The molecule has 0 unspecified atom stereocenters. The number of rotatable bonds is 4. The number of hydrogen-bond acceptors (Lipinski definition) is 2. The van der Waals surface area contributed by atoms with Gasteiger partial charge in [-0.2, -0.15) is 0 Å². The quantitative estimate of drug-likeness (QED) is 0.898. The summed E-state index contributed by atoms with van der Waals surface area (Å²) in [6, 6.07) is 14.0. The van der Waals surface area contributed by atoms with Crippen LogP contribution in [0.4, 0.5) is 0 Å². The molecule has 0 aromatic heterocycles. The maximum Gasteiger partial charge on any atom is 0.123 e. The smallest absolute Gasteiger partial charge is 0.123 e. The number of nitrogens with two attached hydrogens (primary N) is 1. The molecular formula is C16H20ClNO. The van der Waals surface area contributed by atoms with Crippen molar-refractivity contribution in [2.75, 3.05) is 6.54 Å². The zero-order valence-electron chi connectivity index (χ0n) is 11.1. The first-order valence-corrected chi connectivity index (χ1v) is 6.36. The van der Waals surface area contributed by atoms with Gasteiger partial charge in [-0.05, 0) is 48.2 Å². The van der Waals surface area contributed by atoms with Crippen LogP contribution in [0.3, 0.4) is 0 Å². The summed E-state index contributed by atoms with van der Waals surface area (Å²) in [7, 11) is 0. The molecule has 0 saturated carbocycles. The molecule has 0 saturated heterocycles. The molecule has 0 radical (unpaired) electrons. The number of aromatic hydroxyl groups is 1. The predicted octanol–water partition coefficient (Wildman–Crippen LogP) is 3.54. The van der Waals surface area contributed by atoms with E-state index in [9.17, 15) is 5.11 Å². The van der Waals surface area contributed by atoms with E-state index in [1.807, 2.05) is 24.3 Å². The molecule has 0 aliphatic heterocycles. The van der Waals surface area contributed by atoms with Crippen LogP contribution in [0, 0.1) is 0 Å². The Bertz CT molecular complexity index is 540. The molecule has 2 aromatic rings. The Balaban J connectivity index is 0.00000180. The van der Waals surface area contributed by atoms with E-state index < -0.39 is 0 Å². The van der Waals surface area contributed by atoms with Crippen molar-refractivity contribution >= 4 is 12.4 Å². The minimum atomic E-state index is 0. The zero-order valence-corrected chi connectivity index (χ0v) is 11.9.